The molecule has 2 nitrogen and oxygen atoms in total. The zero-order valence-corrected chi connectivity index (χ0v) is 6.38. The summed E-state index contributed by atoms with van der Waals surface area (Å²) in [5, 5.41) is 10.8. The molecule has 0 unspecified atom stereocenters. The van der Waals surface area contributed by atoms with E-state index in [-0.39, 0.29) is 6.10 Å². The maximum atomic E-state index is 10.8. The lowest BCUT2D eigenvalue weighted by atomic mass is 9.99. The van der Waals surface area contributed by atoms with Crippen molar-refractivity contribution in [3.05, 3.63) is 0 Å². The summed E-state index contributed by atoms with van der Waals surface area (Å²) in [4.78, 5) is 0. The first-order valence-electron chi connectivity index (χ1n) is 4.32. The molecule has 0 aromatic heterocycles. The molecule has 2 aliphatic rings. The van der Waals surface area contributed by atoms with Crippen molar-refractivity contribution in [2.24, 2.45) is 0 Å². The van der Waals surface area contributed by atoms with Crippen molar-refractivity contribution < 1.29 is 9.59 Å². The molecule has 0 saturated carbocycles. The average molecular weight is 141 g/mol. The maximum absolute atomic E-state index is 10.8. The summed E-state index contributed by atoms with van der Waals surface area (Å²) in [5.41, 5.74) is 0. The van der Waals surface area contributed by atoms with Crippen LogP contribution in [0, 0.1) is 0 Å². The summed E-state index contributed by atoms with van der Waals surface area (Å²) in [6.45, 7) is 4.44. The van der Waals surface area contributed by atoms with Crippen LogP contribution in [0.3, 0.4) is 0 Å². The topological polar surface area (TPSA) is 23.1 Å². The standard InChI is InChI=1S/C8H15NO/c10-8-6-9(7-8)4-2-1-3-5-9/h8H,1-7H2. The molecule has 2 rings (SSSR count). The van der Waals surface area contributed by atoms with E-state index in [4.69, 9.17) is 0 Å². The molecule has 0 atom stereocenters. The fourth-order valence-corrected chi connectivity index (χ4v) is 2.36. The fourth-order valence-electron chi connectivity index (χ4n) is 2.36. The monoisotopic (exact) mass is 141 g/mol. The molecule has 58 valence electrons. The summed E-state index contributed by atoms with van der Waals surface area (Å²) >= 11 is 0. The first-order chi connectivity index (χ1) is 4.81. The van der Waals surface area contributed by atoms with Crippen molar-refractivity contribution in [2.45, 2.75) is 25.4 Å². The molecule has 0 N–H and O–H groups in total. The molecule has 2 heteroatoms. The minimum Gasteiger partial charge on any atom is -0.844 e. The molecular formula is C8H15NO. The molecule has 10 heavy (non-hydrogen) atoms. The van der Waals surface area contributed by atoms with Crippen LogP contribution in [0.5, 0.6) is 0 Å². The van der Waals surface area contributed by atoms with Crippen LogP contribution in [-0.2, 0) is 0 Å². The maximum Gasteiger partial charge on any atom is 0.0786 e. The third kappa shape index (κ3) is 0.956. The number of rotatable bonds is 0. The number of nitrogens with zero attached hydrogens (tertiary/aromatic N) is 1. The van der Waals surface area contributed by atoms with E-state index in [1.807, 2.05) is 0 Å². The van der Waals surface area contributed by atoms with E-state index in [0.717, 1.165) is 13.1 Å². The van der Waals surface area contributed by atoms with Crippen molar-refractivity contribution in [2.75, 3.05) is 26.2 Å². The Hall–Kier alpha value is -0.0800. The van der Waals surface area contributed by atoms with Crippen molar-refractivity contribution in [3.8, 4) is 0 Å². The molecule has 0 aliphatic carbocycles. The van der Waals surface area contributed by atoms with E-state index in [1.54, 1.807) is 0 Å². The molecule has 2 saturated heterocycles. The number of quaternary nitrogens is 1. The Balaban J connectivity index is 1.90. The third-order valence-corrected chi connectivity index (χ3v) is 2.95. The second kappa shape index (κ2) is 2.21. The Morgan fingerprint density at radius 1 is 1.00 bits per heavy atom. The Bertz CT molecular complexity index is 114. The molecule has 0 bridgehead atoms. The van der Waals surface area contributed by atoms with Crippen molar-refractivity contribution in [1.29, 1.82) is 0 Å². The van der Waals surface area contributed by atoms with Crippen LogP contribution in [0.2, 0.25) is 0 Å². The second-order valence-electron chi connectivity index (χ2n) is 3.84. The van der Waals surface area contributed by atoms with Crippen molar-refractivity contribution >= 4 is 0 Å². The quantitative estimate of drug-likeness (QED) is 0.426. The van der Waals surface area contributed by atoms with Gasteiger partial charge in [0.15, 0.2) is 0 Å². The first kappa shape index (κ1) is 6.62. The van der Waals surface area contributed by atoms with E-state index >= 15 is 0 Å². The van der Waals surface area contributed by atoms with Gasteiger partial charge in [-0.25, -0.2) is 0 Å². The highest BCUT2D eigenvalue weighted by Crippen LogP contribution is 2.25. The van der Waals surface area contributed by atoms with Gasteiger partial charge in [-0.05, 0) is 25.4 Å². The van der Waals surface area contributed by atoms with Gasteiger partial charge in [0.05, 0.1) is 26.2 Å². The van der Waals surface area contributed by atoms with Crippen molar-refractivity contribution in [1.82, 2.24) is 0 Å². The second-order valence-corrected chi connectivity index (χ2v) is 3.84. The Morgan fingerprint density at radius 2 is 1.60 bits per heavy atom. The van der Waals surface area contributed by atoms with Crippen LogP contribution in [0.4, 0.5) is 0 Å². The Kier molecular flexibility index (Phi) is 1.46. The van der Waals surface area contributed by atoms with Gasteiger partial charge >= 0.3 is 0 Å². The highest BCUT2D eigenvalue weighted by molar-refractivity contribution is 4.68. The SMILES string of the molecule is [O-]C1C[N+]2(CCCCC2)C1. The van der Waals surface area contributed by atoms with Gasteiger partial charge in [-0.2, -0.15) is 0 Å². The van der Waals surface area contributed by atoms with Gasteiger partial charge in [0.2, 0.25) is 0 Å². The van der Waals surface area contributed by atoms with Gasteiger partial charge in [-0.15, -0.1) is 0 Å². The van der Waals surface area contributed by atoms with Gasteiger partial charge < -0.3 is 9.59 Å². The number of hydrogen-bond acceptors (Lipinski definition) is 1. The van der Waals surface area contributed by atoms with Crippen LogP contribution in [0.1, 0.15) is 19.3 Å². The zero-order valence-electron chi connectivity index (χ0n) is 6.38. The zero-order chi connectivity index (χ0) is 7.03. The molecule has 1 spiro atoms. The van der Waals surface area contributed by atoms with Gasteiger partial charge in [0.25, 0.3) is 0 Å². The van der Waals surface area contributed by atoms with E-state index < -0.39 is 0 Å². The Morgan fingerprint density at radius 3 is 2.10 bits per heavy atom. The molecular weight excluding hydrogens is 126 g/mol. The molecule has 2 heterocycles. The molecule has 2 fully saturated rings. The Labute approximate surface area is 62.0 Å². The normalized spacial score (nSPS) is 32.1. The van der Waals surface area contributed by atoms with Gasteiger partial charge in [0.1, 0.15) is 0 Å². The van der Waals surface area contributed by atoms with E-state index in [9.17, 15) is 5.11 Å². The van der Waals surface area contributed by atoms with Crippen molar-refractivity contribution in [3.63, 3.8) is 0 Å². The summed E-state index contributed by atoms with van der Waals surface area (Å²) in [6.07, 6.45) is 3.88. The lowest BCUT2D eigenvalue weighted by Crippen LogP contribution is -2.71. The third-order valence-electron chi connectivity index (χ3n) is 2.95. The molecule has 0 aromatic rings. The van der Waals surface area contributed by atoms with Gasteiger partial charge in [-0.1, -0.05) is 0 Å². The first-order valence-corrected chi connectivity index (χ1v) is 4.32. The predicted octanol–water partition coefficient (Wildman–Crippen LogP) is -0.270. The van der Waals surface area contributed by atoms with E-state index in [1.165, 1.54) is 36.8 Å². The summed E-state index contributed by atoms with van der Waals surface area (Å²) in [6, 6.07) is 0. The van der Waals surface area contributed by atoms with Crippen LogP contribution in [0.15, 0.2) is 0 Å². The summed E-state index contributed by atoms with van der Waals surface area (Å²) in [5.74, 6) is 0. The summed E-state index contributed by atoms with van der Waals surface area (Å²) < 4.78 is 1.17. The van der Waals surface area contributed by atoms with Crippen LogP contribution >= 0.6 is 0 Å². The largest absolute Gasteiger partial charge is 0.844 e. The average Bonchev–Trinajstić information content (AvgIpc) is 1.87. The molecule has 0 amide bonds. The van der Waals surface area contributed by atoms with Gasteiger partial charge in [0, 0.05) is 0 Å². The predicted molar refractivity (Wildman–Crippen MR) is 37.4 cm³/mol. The minimum atomic E-state index is -0.224. The van der Waals surface area contributed by atoms with Crippen LogP contribution in [-0.4, -0.2) is 36.8 Å². The molecule has 2 aliphatic heterocycles. The van der Waals surface area contributed by atoms with E-state index in [0.29, 0.717) is 0 Å². The molecule has 0 aromatic carbocycles. The summed E-state index contributed by atoms with van der Waals surface area (Å²) in [7, 11) is 0. The fraction of sp³-hybridized carbons (Fsp3) is 1.00. The minimum absolute atomic E-state index is 0.224. The highest BCUT2D eigenvalue weighted by Gasteiger charge is 2.38. The smallest absolute Gasteiger partial charge is 0.0786 e. The van der Waals surface area contributed by atoms with Crippen LogP contribution in [0.25, 0.3) is 0 Å². The number of hydrogen-bond donors (Lipinski definition) is 0. The molecule has 0 radical (unpaired) electrons. The lowest BCUT2D eigenvalue weighted by Gasteiger charge is -2.55. The van der Waals surface area contributed by atoms with Gasteiger partial charge in [-0.3, -0.25) is 0 Å². The number of piperidine rings is 1. The highest BCUT2D eigenvalue weighted by atomic mass is 16.3. The van der Waals surface area contributed by atoms with E-state index in [2.05, 4.69) is 0 Å². The lowest BCUT2D eigenvalue weighted by molar-refractivity contribution is -0.991. The van der Waals surface area contributed by atoms with Crippen LogP contribution < -0.4 is 5.11 Å².